The number of hydrogen-bond donors (Lipinski definition) is 2. The van der Waals surface area contributed by atoms with Crippen molar-refractivity contribution in [1.29, 1.82) is 0 Å². The van der Waals surface area contributed by atoms with Gasteiger partial charge in [-0.1, -0.05) is 0 Å². The lowest BCUT2D eigenvalue weighted by Gasteiger charge is -2.33. The van der Waals surface area contributed by atoms with Crippen LogP contribution in [0.15, 0.2) is 0 Å². The number of nitrogens with zero attached hydrogens (tertiary/aromatic N) is 1. The van der Waals surface area contributed by atoms with Crippen molar-refractivity contribution in [2.24, 2.45) is 0 Å². The van der Waals surface area contributed by atoms with E-state index in [1.54, 1.807) is 25.7 Å². The summed E-state index contributed by atoms with van der Waals surface area (Å²) in [7, 11) is 0. The second kappa shape index (κ2) is 8.14. The van der Waals surface area contributed by atoms with E-state index in [0.29, 0.717) is 25.9 Å². The van der Waals surface area contributed by atoms with Crippen molar-refractivity contribution >= 4 is 18.0 Å². The van der Waals surface area contributed by atoms with Crippen LogP contribution in [0, 0.1) is 0 Å². The van der Waals surface area contributed by atoms with Crippen LogP contribution in [0.4, 0.5) is 4.79 Å². The standard InChI is InChI=1S/C15H26N2O6/c1-10(16-14(20)21)13(19)17-7-5-11(6-8-17)22-9-12(18)23-15(2,3)4/h10-11,16H,5-9H2,1-4H3,(H,20,21)/t10-/m0/s1. The van der Waals surface area contributed by atoms with Crippen LogP contribution in [0.1, 0.15) is 40.5 Å². The van der Waals surface area contributed by atoms with Gasteiger partial charge in [0.1, 0.15) is 18.2 Å². The summed E-state index contributed by atoms with van der Waals surface area (Å²) in [5.41, 5.74) is -0.538. The first kappa shape index (κ1) is 19.2. The number of amides is 2. The SMILES string of the molecule is C[C@H](NC(=O)O)C(=O)N1CCC(OCC(=O)OC(C)(C)C)CC1. The monoisotopic (exact) mass is 330 g/mol. The zero-order chi connectivity index (χ0) is 17.6. The van der Waals surface area contributed by atoms with Gasteiger partial charge in [-0.3, -0.25) is 4.79 Å². The van der Waals surface area contributed by atoms with E-state index in [4.69, 9.17) is 14.6 Å². The fourth-order valence-electron chi connectivity index (χ4n) is 2.32. The summed E-state index contributed by atoms with van der Waals surface area (Å²) in [6.45, 7) is 7.74. The van der Waals surface area contributed by atoms with Crippen LogP contribution in [-0.4, -0.2) is 65.4 Å². The van der Waals surface area contributed by atoms with Gasteiger partial charge < -0.3 is 24.8 Å². The molecule has 0 aromatic heterocycles. The van der Waals surface area contributed by atoms with Crippen LogP contribution < -0.4 is 5.32 Å². The molecule has 0 aromatic rings. The predicted molar refractivity (Wildman–Crippen MR) is 82.0 cm³/mol. The number of carboxylic acid groups (broad SMARTS) is 1. The Labute approximate surface area is 136 Å². The molecule has 1 aliphatic rings. The maximum absolute atomic E-state index is 12.0. The molecule has 0 spiro atoms. The normalized spacial score (nSPS) is 17.5. The molecule has 1 fully saturated rings. The number of carbonyl (C=O) groups excluding carboxylic acids is 2. The highest BCUT2D eigenvalue weighted by molar-refractivity contribution is 5.84. The Kier molecular flexibility index (Phi) is 6.80. The van der Waals surface area contributed by atoms with Crippen molar-refractivity contribution in [2.75, 3.05) is 19.7 Å². The lowest BCUT2D eigenvalue weighted by atomic mass is 10.1. The molecule has 23 heavy (non-hydrogen) atoms. The number of ether oxygens (including phenoxy) is 2. The van der Waals surface area contributed by atoms with E-state index >= 15 is 0 Å². The third-order valence-corrected chi connectivity index (χ3v) is 3.32. The molecule has 132 valence electrons. The minimum Gasteiger partial charge on any atom is -0.465 e. The third kappa shape index (κ3) is 7.32. The van der Waals surface area contributed by atoms with Gasteiger partial charge in [-0.05, 0) is 40.5 Å². The number of nitrogens with one attached hydrogen (secondary N) is 1. The van der Waals surface area contributed by atoms with E-state index in [0.717, 1.165) is 0 Å². The smallest absolute Gasteiger partial charge is 0.405 e. The topological polar surface area (TPSA) is 105 Å². The van der Waals surface area contributed by atoms with Gasteiger partial charge in [0, 0.05) is 13.1 Å². The first-order chi connectivity index (χ1) is 10.6. The number of rotatable bonds is 5. The second-order valence-corrected chi connectivity index (χ2v) is 6.59. The Bertz CT molecular complexity index is 438. The van der Waals surface area contributed by atoms with E-state index in [-0.39, 0.29) is 18.6 Å². The Hall–Kier alpha value is -1.83. The number of piperidine rings is 1. The number of hydrogen-bond acceptors (Lipinski definition) is 5. The van der Waals surface area contributed by atoms with E-state index < -0.39 is 23.7 Å². The molecule has 0 saturated carbocycles. The molecule has 8 heteroatoms. The van der Waals surface area contributed by atoms with Gasteiger partial charge in [-0.2, -0.15) is 0 Å². The molecule has 1 saturated heterocycles. The zero-order valence-electron chi connectivity index (χ0n) is 14.1. The maximum atomic E-state index is 12.0. The van der Waals surface area contributed by atoms with Crippen LogP contribution in [0.25, 0.3) is 0 Å². The average Bonchev–Trinajstić information content (AvgIpc) is 2.42. The van der Waals surface area contributed by atoms with Gasteiger partial charge in [0.2, 0.25) is 5.91 Å². The van der Waals surface area contributed by atoms with Crippen LogP contribution in [0.5, 0.6) is 0 Å². The molecule has 1 atom stereocenters. The highest BCUT2D eigenvalue weighted by Crippen LogP contribution is 2.15. The third-order valence-electron chi connectivity index (χ3n) is 3.32. The Morgan fingerprint density at radius 1 is 1.26 bits per heavy atom. The molecule has 0 unspecified atom stereocenters. The molecular formula is C15H26N2O6. The number of esters is 1. The van der Waals surface area contributed by atoms with Crippen LogP contribution in [-0.2, 0) is 19.1 Å². The Balaban J connectivity index is 2.31. The van der Waals surface area contributed by atoms with E-state index in [9.17, 15) is 14.4 Å². The summed E-state index contributed by atoms with van der Waals surface area (Å²) in [6, 6.07) is -0.772. The minimum absolute atomic E-state index is 0.102. The summed E-state index contributed by atoms with van der Waals surface area (Å²) in [4.78, 5) is 35.8. The summed E-state index contributed by atoms with van der Waals surface area (Å²) in [5, 5.41) is 10.8. The lowest BCUT2D eigenvalue weighted by molar-refractivity contribution is -0.163. The number of carbonyl (C=O) groups is 3. The van der Waals surface area contributed by atoms with Gasteiger partial charge in [-0.25, -0.2) is 9.59 Å². The van der Waals surface area contributed by atoms with Crippen LogP contribution in [0.2, 0.25) is 0 Å². The van der Waals surface area contributed by atoms with Crippen molar-refractivity contribution < 1.29 is 29.0 Å². The first-order valence-electron chi connectivity index (χ1n) is 7.70. The van der Waals surface area contributed by atoms with Gasteiger partial charge in [-0.15, -0.1) is 0 Å². The zero-order valence-corrected chi connectivity index (χ0v) is 14.1. The molecule has 1 heterocycles. The maximum Gasteiger partial charge on any atom is 0.405 e. The van der Waals surface area contributed by atoms with Crippen LogP contribution in [0.3, 0.4) is 0 Å². The Morgan fingerprint density at radius 3 is 2.30 bits per heavy atom. The summed E-state index contributed by atoms with van der Waals surface area (Å²) < 4.78 is 10.7. The molecule has 1 rings (SSSR count). The Morgan fingerprint density at radius 2 is 1.83 bits per heavy atom. The van der Waals surface area contributed by atoms with Gasteiger partial charge in [0.05, 0.1) is 6.10 Å². The molecule has 8 nitrogen and oxygen atoms in total. The predicted octanol–water partition coefficient (Wildman–Crippen LogP) is 0.992. The van der Waals surface area contributed by atoms with Crippen molar-refractivity contribution in [3.8, 4) is 0 Å². The summed E-state index contributed by atoms with van der Waals surface area (Å²) in [5.74, 6) is -0.659. The van der Waals surface area contributed by atoms with Crippen molar-refractivity contribution in [1.82, 2.24) is 10.2 Å². The van der Waals surface area contributed by atoms with E-state index in [2.05, 4.69) is 5.32 Å². The fraction of sp³-hybridized carbons (Fsp3) is 0.800. The number of likely N-dealkylation sites (tertiary alicyclic amines) is 1. The van der Waals surface area contributed by atoms with Crippen molar-refractivity contribution in [3.05, 3.63) is 0 Å². The van der Waals surface area contributed by atoms with Crippen molar-refractivity contribution in [2.45, 2.75) is 58.3 Å². The molecule has 0 aromatic carbocycles. The van der Waals surface area contributed by atoms with Gasteiger partial charge in [0.15, 0.2) is 0 Å². The quantitative estimate of drug-likeness (QED) is 0.728. The first-order valence-corrected chi connectivity index (χ1v) is 7.70. The molecule has 1 aliphatic heterocycles. The highest BCUT2D eigenvalue weighted by atomic mass is 16.6. The molecular weight excluding hydrogens is 304 g/mol. The second-order valence-electron chi connectivity index (χ2n) is 6.59. The van der Waals surface area contributed by atoms with Crippen LogP contribution >= 0.6 is 0 Å². The van der Waals surface area contributed by atoms with E-state index in [1.807, 2.05) is 0 Å². The summed E-state index contributed by atoms with van der Waals surface area (Å²) in [6.07, 6.45) is -0.112. The lowest BCUT2D eigenvalue weighted by Crippen LogP contribution is -2.50. The molecule has 2 amide bonds. The average molecular weight is 330 g/mol. The highest BCUT2D eigenvalue weighted by Gasteiger charge is 2.27. The van der Waals surface area contributed by atoms with Crippen molar-refractivity contribution in [3.63, 3.8) is 0 Å². The largest absolute Gasteiger partial charge is 0.465 e. The molecule has 0 bridgehead atoms. The molecule has 0 radical (unpaired) electrons. The molecule has 0 aliphatic carbocycles. The van der Waals surface area contributed by atoms with E-state index in [1.165, 1.54) is 6.92 Å². The van der Waals surface area contributed by atoms with Gasteiger partial charge in [0.25, 0.3) is 0 Å². The molecule has 2 N–H and O–H groups in total. The minimum atomic E-state index is -1.22. The fourth-order valence-corrected chi connectivity index (χ4v) is 2.32. The van der Waals surface area contributed by atoms with Gasteiger partial charge >= 0.3 is 12.1 Å². The summed E-state index contributed by atoms with van der Waals surface area (Å²) >= 11 is 0.